The first-order valence-electron chi connectivity index (χ1n) is 15.8. The van der Waals surface area contributed by atoms with Gasteiger partial charge in [-0.05, 0) is 85.5 Å². The van der Waals surface area contributed by atoms with Crippen LogP contribution in [0.25, 0.3) is 4.85 Å². The predicted octanol–water partition coefficient (Wildman–Crippen LogP) is 7.85. The van der Waals surface area contributed by atoms with Crippen LogP contribution in [0.15, 0.2) is 27.8 Å². The molecule has 0 unspecified atom stereocenters. The summed E-state index contributed by atoms with van der Waals surface area (Å²) in [5, 5.41) is 9.10. The number of rotatable bonds is 3. The first-order valence-corrected chi connectivity index (χ1v) is 15.8. The van der Waals surface area contributed by atoms with E-state index in [9.17, 15) is 9.59 Å². The van der Waals surface area contributed by atoms with Gasteiger partial charge in [0.15, 0.2) is 11.6 Å². The summed E-state index contributed by atoms with van der Waals surface area (Å²) >= 11 is 0. The molecule has 0 saturated heterocycles. The summed E-state index contributed by atoms with van der Waals surface area (Å²) in [5.41, 5.74) is -0.360. The van der Waals surface area contributed by atoms with Gasteiger partial charge in [-0.2, -0.15) is 0 Å². The fourth-order valence-electron chi connectivity index (χ4n) is 10.7. The van der Waals surface area contributed by atoms with Crippen LogP contribution < -0.4 is 0 Å². The molecule has 1 heterocycles. The Labute approximate surface area is 245 Å². The van der Waals surface area contributed by atoms with E-state index in [1.807, 2.05) is 26.0 Å². The first-order chi connectivity index (χ1) is 19.1. The van der Waals surface area contributed by atoms with Crippen LogP contribution in [0.1, 0.15) is 119 Å². The van der Waals surface area contributed by atoms with Crippen LogP contribution in [0.5, 0.6) is 0 Å². The number of aromatic nitrogens is 2. The lowest BCUT2D eigenvalue weighted by atomic mass is 9.34. The molecule has 0 N–H and O–H groups in total. The molecule has 5 aliphatic carbocycles. The van der Waals surface area contributed by atoms with Crippen LogP contribution in [-0.4, -0.2) is 21.8 Å². The monoisotopic (exact) mass is 557 g/mol. The van der Waals surface area contributed by atoms with Crippen molar-refractivity contribution in [3.05, 3.63) is 46.6 Å². The number of ketones is 2. The van der Waals surface area contributed by atoms with Crippen LogP contribution in [0.2, 0.25) is 0 Å². The second-order valence-corrected chi connectivity index (χ2v) is 16.1. The third-order valence-electron chi connectivity index (χ3n) is 13.2. The van der Waals surface area contributed by atoms with Gasteiger partial charge >= 0.3 is 0 Å². The Bertz CT molecular complexity index is 1420. The molecule has 220 valence electrons. The molecule has 3 fully saturated rings. The van der Waals surface area contributed by atoms with Gasteiger partial charge < -0.3 is 9.21 Å². The van der Waals surface area contributed by atoms with Crippen LogP contribution >= 0.6 is 0 Å². The second-order valence-electron chi connectivity index (χ2n) is 16.1. The number of allylic oxidation sites excluding steroid dienone is 4. The molecular weight excluding hydrogens is 510 g/mol. The van der Waals surface area contributed by atoms with Crippen molar-refractivity contribution in [2.45, 2.75) is 119 Å². The van der Waals surface area contributed by atoms with Crippen LogP contribution in [0, 0.1) is 51.4 Å². The van der Waals surface area contributed by atoms with Gasteiger partial charge in [0.25, 0.3) is 0 Å². The topological polar surface area (TPSA) is 77.4 Å². The van der Waals surface area contributed by atoms with Crippen LogP contribution in [0.3, 0.4) is 0 Å². The van der Waals surface area contributed by atoms with Gasteiger partial charge in [-0.15, -0.1) is 10.2 Å². The highest BCUT2D eigenvalue weighted by atomic mass is 16.4. The number of carbonyl (C=O) groups excluding carboxylic acids is 2. The molecule has 0 spiro atoms. The Hall–Kier alpha value is -2.55. The molecular formula is C35H47N3O3. The zero-order chi connectivity index (χ0) is 29.8. The van der Waals surface area contributed by atoms with E-state index < -0.39 is 10.8 Å². The fraction of sp³-hybridized carbons (Fsp3) is 0.743. The zero-order valence-electron chi connectivity index (χ0n) is 26.3. The highest BCUT2D eigenvalue weighted by molar-refractivity contribution is 6.03. The van der Waals surface area contributed by atoms with Gasteiger partial charge in [0, 0.05) is 23.2 Å². The van der Waals surface area contributed by atoms with E-state index >= 15 is 0 Å². The standard InChI is InChI=1S/C35H47N3O3/c1-10-11-26-37-38-29(41-26)35-16-14-30(2,3)19-21(35)27-23(39)18-25-32(6)20-22(36-9)28(40)31(4,5)24(32)12-13-33(25,7)34(27,8)15-17-35/h18,20-21,24,27H,10-17,19H2,1-8H3/t21-,24-,27-,32-,33+,34+,35-/m0/s1. The number of fused-ring (bicyclic) bond motifs is 7. The minimum Gasteiger partial charge on any atom is -0.425 e. The number of nitrogens with zero attached hydrogens (tertiary/aromatic N) is 3. The number of carbonyl (C=O) groups is 2. The quantitative estimate of drug-likeness (QED) is 0.354. The highest BCUT2D eigenvalue weighted by Gasteiger charge is 2.70. The lowest BCUT2D eigenvalue weighted by Crippen LogP contribution is -2.65. The third-order valence-corrected chi connectivity index (χ3v) is 13.2. The zero-order valence-corrected chi connectivity index (χ0v) is 26.3. The molecule has 0 aliphatic heterocycles. The van der Waals surface area contributed by atoms with Crippen molar-refractivity contribution in [1.29, 1.82) is 0 Å². The Morgan fingerprint density at radius 1 is 1.00 bits per heavy atom. The summed E-state index contributed by atoms with van der Waals surface area (Å²) in [6, 6.07) is 0. The van der Waals surface area contributed by atoms with Crippen LogP contribution in [0.4, 0.5) is 0 Å². The summed E-state index contributed by atoms with van der Waals surface area (Å²) in [4.78, 5) is 31.7. The first kappa shape index (κ1) is 28.6. The number of hydrogen-bond acceptors (Lipinski definition) is 5. The van der Waals surface area contributed by atoms with Crippen molar-refractivity contribution in [1.82, 2.24) is 10.2 Å². The molecule has 0 aromatic carbocycles. The average molecular weight is 558 g/mol. The van der Waals surface area contributed by atoms with E-state index in [2.05, 4.69) is 56.6 Å². The molecule has 41 heavy (non-hydrogen) atoms. The van der Waals surface area contributed by atoms with Crippen molar-refractivity contribution in [2.24, 2.45) is 44.8 Å². The highest BCUT2D eigenvalue weighted by Crippen LogP contribution is 2.74. The number of aryl methyl sites for hydroxylation is 1. The van der Waals surface area contributed by atoms with Gasteiger partial charge in [-0.3, -0.25) is 4.79 Å². The summed E-state index contributed by atoms with van der Waals surface area (Å²) in [5.74, 6) is 1.69. The molecule has 0 amide bonds. The molecule has 3 saturated carbocycles. The predicted molar refractivity (Wildman–Crippen MR) is 157 cm³/mol. The van der Waals surface area contributed by atoms with Crippen molar-refractivity contribution < 1.29 is 14.0 Å². The molecule has 7 atom stereocenters. The van der Waals surface area contributed by atoms with Gasteiger partial charge in [-0.25, -0.2) is 4.85 Å². The maximum atomic E-state index is 14.7. The average Bonchev–Trinajstić information content (AvgIpc) is 3.37. The Morgan fingerprint density at radius 2 is 1.71 bits per heavy atom. The molecule has 6 rings (SSSR count). The second kappa shape index (κ2) is 8.74. The maximum absolute atomic E-state index is 14.7. The van der Waals surface area contributed by atoms with Crippen molar-refractivity contribution >= 4 is 11.6 Å². The number of hydrogen-bond donors (Lipinski definition) is 0. The van der Waals surface area contributed by atoms with E-state index in [1.165, 1.54) is 0 Å². The van der Waals surface area contributed by atoms with Gasteiger partial charge in [0.2, 0.25) is 17.5 Å². The van der Waals surface area contributed by atoms with E-state index in [0.717, 1.165) is 69.3 Å². The summed E-state index contributed by atoms with van der Waals surface area (Å²) in [6.07, 6.45) is 12.4. The van der Waals surface area contributed by atoms with Gasteiger partial charge in [0.05, 0.1) is 12.0 Å². The fourth-order valence-corrected chi connectivity index (χ4v) is 10.7. The SMILES string of the molecule is [C-]#[N+]C1=C[C@]2(C)C3=CC(=O)[C@@H]4[C@@H]5CC(C)(C)CC[C@]5(c5nnc(CCC)o5)CC[C@@]4(C)[C@]3(C)CC[C@H]2C(C)(C)C1=O. The maximum Gasteiger partial charge on any atom is 0.226 e. The van der Waals surface area contributed by atoms with E-state index in [1.54, 1.807) is 0 Å². The van der Waals surface area contributed by atoms with E-state index in [4.69, 9.17) is 11.0 Å². The molecule has 6 nitrogen and oxygen atoms in total. The molecule has 0 bridgehead atoms. The third kappa shape index (κ3) is 3.59. The van der Waals surface area contributed by atoms with Crippen molar-refractivity contribution in [3.8, 4) is 0 Å². The normalized spacial score (nSPS) is 42.6. The Morgan fingerprint density at radius 3 is 2.39 bits per heavy atom. The summed E-state index contributed by atoms with van der Waals surface area (Å²) < 4.78 is 6.40. The molecule has 1 aromatic heterocycles. The largest absolute Gasteiger partial charge is 0.425 e. The molecule has 5 aliphatic rings. The smallest absolute Gasteiger partial charge is 0.226 e. The van der Waals surface area contributed by atoms with Crippen LogP contribution in [-0.2, 0) is 21.4 Å². The number of Topliss-reactive ketones (excluding diaryl/α,β-unsaturated/α-hetero) is 1. The molecule has 6 heteroatoms. The van der Waals surface area contributed by atoms with E-state index in [-0.39, 0.29) is 56.7 Å². The minimum atomic E-state index is -0.643. The van der Waals surface area contributed by atoms with Crippen molar-refractivity contribution in [3.63, 3.8) is 0 Å². The van der Waals surface area contributed by atoms with Crippen molar-refractivity contribution in [2.75, 3.05) is 0 Å². The van der Waals surface area contributed by atoms with Gasteiger partial charge in [0.1, 0.15) is 0 Å². The minimum absolute atomic E-state index is 0.0562. The summed E-state index contributed by atoms with van der Waals surface area (Å²) in [6.45, 7) is 25.6. The Kier molecular flexibility index (Phi) is 6.09. The Balaban J connectivity index is 1.51. The summed E-state index contributed by atoms with van der Waals surface area (Å²) in [7, 11) is 0. The lowest BCUT2D eigenvalue weighted by Gasteiger charge is -2.69. The molecule has 1 aromatic rings. The molecule has 0 radical (unpaired) electrons. The van der Waals surface area contributed by atoms with E-state index in [0.29, 0.717) is 5.89 Å². The van der Waals surface area contributed by atoms with Gasteiger partial charge in [-0.1, -0.05) is 67.0 Å². The lowest BCUT2D eigenvalue weighted by molar-refractivity contribution is -0.161.